The quantitative estimate of drug-likeness (QED) is 0.133. The molecule has 6 rings (SSSR count). The Hall–Kier alpha value is -3.75. The summed E-state index contributed by atoms with van der Waals surface area (Å²) in [6, 6.07) is 27.1. The first kappa shape index (κ1) is 28.4. The topological polar surface area (TPSA) is 98.7 Å². The third-order valence-corrected chi connectivity index (χ3v) is 8.04. The molecule has 208 valence electrons. The number of para-hydroxylation sites is 2. The second kappa shape index (κ2) is 12.2. The van der Waals surface area contributed by atoms with Gasteiger partial charge < -0.3 is 14.5 Å². The fourth-order valence-electron chi connectivity index (χ4n) is 4.29. The monoisotopic (exact) mass is 800 g/mol. The van der Waals surface area contributed by atoms with Gasteiger partial charge in [0.15, 0.2) is 12.4 Å². The number of hydrogen-bond donors (Lipinski definition) is 1. The number of nitrogens with zero attached hydrogens (tertiary/aromatic N) is 3. The van der Waals surface area contributed by atoms with E-state index < -0.39 is 0 Å². The lowest BCUT2D eigenvalue weighted by Crippen LogP contribution is -2.21. The standard InChI is InChI=1S/C31H19ClI2N4O4/c32-20-10-11-26-19(14-20)15-27(42-26)30-37-25-9-5-4-8-22(25)31(40)38(30)35-16-18-12-23(33)29(24(34)13-18)41-17-28(39)36-21-6-2-1-3-7-21/h1-16H,17H2,(H,36,39). The van der Waals surface area contributed by atoms with Crippen LogP contribution in [0, 0.1) is 7.14 Å². The Morgan fingerprint density at radius 1 is 1.00 bits per heavy atom. The zero-order chi connectivity index (χ0) is 29.2. The number of anilines is 1. The summed E-state index contributed by atoms with van der Waals surface area (Å²) < 4.78 is 14.7. The summed E-state index contributed by atoms with van der Waals surface area (Å²) in [6.45, 7) is -0.140. The Labute approximate surface area is 271 Å². The highest BCUT2D eigenvalue weighted by Crippen LogP contribution is 2.30. The molecule has 0 unspecified atom stereocenters. The summed E-state index contributed by atoms with van der Waals surface area (Å²) in [5.74, 6) is 0.967. The highest BCUT2D eigenvalue weighted by Gasteiger charge is 2.17. The van der Waals surface area contributed by atoms with E-state index in [0.717, 1.165) is 18.1 Å². The summed E-state index contributed by atoms with van der Waals surface area (Å²) in [7, 11) is 0. The molecule has 1 amide bonds. The first-order valence-corrected chi connectivity index (χ1v) is 15.1. The zero-order valence-corrected chi connectivity index (χ0v) is 26.6. The second-order valence-electron chi connectivity index (χ2n) is 9.12. The van der Waals surface area contributed by atoms with Crippen LogP contribution in [0.2, 0.25) is 5.02 Å². The maximum absolute atomic E-state index is 13.6. The number of furan rings is 1. The van der Waals surface area contributed by atoms with Crippen molar-refractivity contribution >= 4 is 96.5 Å². The fourth-order valence-corrected chi connectivity index (χ4v) is 6.60. The molecule has 0 aliphatic heterocycles. The molecule has 0 saturated carbocycles. The maximum Gasteiger partial charge on any atom is 0.282 e. The van der Waals surface area contributed by atoms with Crippen LogP contribution in [0.3, 0.4) is 0 Å². The number of benzene rings is 4. The summed E-state index contributed by atoms with van der Waals surface area (Å²) in [5.41, 5.74) is 2.24. The van der Waals surface area contributed by atoms with Crippen molar-refractivity contribution in [2.45, 2.75) is 0 Å². The summed E-state index contributed by atoms with van der Waals surface area (Å²) in [4.78, 5) is 30.7. The lowest BCUT2D eigenvalue weighted by molar-refractivity contribution is -0.118. The van der Waals surface area contributed by atoms with E-state index in [9.17, 15) is 9.59 Å². The average molecular weight is 801 g/mol. The van der Waals surface area contributed by atoms with Crippen molar-refractivity contribution in [3.05, 3.63) is 119 Å². The molecule has 0 fully saturated rings. The molecule has 6 aromatic rings. The third-order valence-electron chi connectivity index (χ3n) is 6.20. The lowest BCUT2D eigenvalue weighted by atomic mass is 10.2. The number of fused-ring (bicyclic) bond motifs is 2. The van der Waals surface area contributed by atoms with E-state index in [1.165, 1.54) is 4.68 Å². The van der Waals surface area contributed by atoms with E-state index in [1.54, 1.807) is 48.7 Å². The average Bonchev–Trinajstić information content (AvgIpc) is 3.40. The van der Waals surface area contributed by atoms with Gasteiger partial charge in [-0.2, -0.15) is 9.78 Å². The molecule has 0 aliphatic rings. The van der Waals surface area contributed by atoms with Crippen LogP contribution in [0.5, 0.6) is 5.75 Å². The predicted octanol–water partition coefficient (Wildman–Crippen LogP) is 7.57. The number of nitrogens with one attached hydrogen (secondary N) is 1. The highest BCUT2D eigenvalue weighted by atomic mass is 127. The number of ether oxygens (including phenoxy) is 1. The van der Waals surface area contributed by atoms with Gasteiger partial charge in [-0.1, -0.05) is 41.9 Å². The Kier molecular flexibility index (Phi) is 8.27. The number of aromatic nitrogens is 2. The third kappa shape index (κ3) is 6.05. The van der Waals surface area contributed by atoms with Crippen LogP contribution in [0.25, 0.3) is 33.5 Å². The molecule has 11 heteroatoms. The molecule has 2 heterocycles. The van der Waals surface area contributed by atoms with E-state index >= 15 is 0 Å². The molecular formula is C31H19ClI2N4O4. The molecule has 0 spiro atoms. The van der Waals surface area contributed by atoms with Gasteiger partial charge in [-0.3, -0.25) is 9.59 Å². The molecule has 42 heavy (non-hydrogen) atoms. The second-order valence-corrected chi connectivity index (χ2v) is 11.9. The smallest absolute Gasteiger partial charge is 0.282 e. The molecule has 0 radical (unpaired) electrons. The van der Waals surface area contributed by atoms with Crippen molar-refractivity contribution in [2.24, 2.45) is 5.10 Å². The van der Waals surface area contributed by atoms with Crippen LogP contribution in [0.15, 0.2) is 105 Å². The highest BCUT2D eigenvalue weighted by molar-refractivity contribution is 14.1. The minimum atomic E-state index is -0.334. The van der Waals surface area contributed by atoms with Gasteiger partial charge in [0.05, 0.1) is 24.3 Å². The first-order valence-electron chi connectivity index (χ1n) is 12.6. The van der Waals surface area contributed by atoms with Gasteiger partial charge in [0, 0.05) is 16.1 Å². The van der Waals surface area contributed by atoms with Crippen LogP contribution in [0.4, 0.5) is 5.69 Å². The van der Waals surface area contributed by atoms with Gasteiger partial charge in [0.2, 0.25) is 5.82 Å². The number of amides is 1. The summed E-state index contributed by atoms with van der Waals surface area (Å²) in [5, 5.41) is 9.14. The Morgan fingerprint density at radius 2 is 1.74 bits per heavy atom. The van der Waals surface area contributed by atoms with Crippen LogP contribution < -0.4 is 15.6 Å². The minimum Gasteiger partial charge on any atom is -0.482 e. The largest absolute Gasteiger partial charge is 0.482 e. The molecular weight excluding hydrogens is 782 g/mol. The van der Waals surface area contributed by atoms with E-state index in [0.29, 0.717) is 38.7 Å². The summed E-state index contributed by atoms with van der Waals surface area (Å²) in [6.07, 6.45) is 1.58. The first-order chi connectivity index (χ1) is 20.4. The number of carbonyl (C=O) groups excluding carboxylic acids is 1. The van der Waals surface area contributed by atoms with Crippen molar-refractivity contribution in [1.29, 1.82) is 0 Å². The Balaban J connectivity index is 1.31. The van der Waals surface area contributed by atoms with Gasteiger partial charge in [0.1, 0.15) is 11.3 Å². The van der Waals surface area contributed by atoms with Gasteiger partial charge in [-0.05, 0) is 111 Å². The SMILES string of the molecule is O=C(COc1c(I)cc(C=Nn2c(-c3cc4cc(Cl)ccc4o3)nc3ccccc3c2=O)cc1I)Nc1ccccc1. The maximum atomic E-state index is 13.6. The number of halogens is 3. The van der Waals surface area contributed by atoms with Crippen LogP contribution in [-0.4, -0.2) is 28.4 Å². The molecule has 0 saturated heterocycles. The van der Waals surface area contributed by atoms with Gasteiger partial charge in [-0.25, -0.2) is 4.98 Å². The Morgan fingerprint density at radius 3 is 2.52 bits per heavy atom. The van der Waals surface area contributed by atoms with Gasteiger partial charge in [-0.15, -0.1) is 0 Å². The van der Waals surface area contributed by atoms with Gasteiger partial charge in [0.25, 0.3) is 11.5 Å². The molecule has 8 nitrogen and oxygen atoms in total. The van der Waals surface area contributed by atoms with Gasteiger partial charge >= 0.3 is 0 Å². The molecule has 4 aromatic carbocycles. The van der Waals surface area contributed by atoms with Crippen molar-refractivity contribution in [3.8, 4) is 17.3 Å². The zero-order valence-electron chi connectivity index (χ0n) is 21.6. The van der Waals surface area contributed by atoms with Crippen molar-refractivity contribution in [1.82, 2.24) is 9.66 Å². The molecule has 1 N–H and O–H groups in total. The minimum absolute atomic E-state index is 0.140. The van der Waals surface area contributed by atoms with Crippen LogP contribution in [0.1, 0.15) is 5.56 Å². The van der Waals surface area contributed by atoms with Crippen LogP contribution >= 0.6 is 56.8 Å². The number of hydrogen-bond acceptors (Lipinski definition) is 6. The molecule has 0 bridgehead atoms. The summed E-state index contributed by atoms with van der Waals surface area (Å²) >= 11 is 10.5. The number of carbonyl (C=O) groups is 1. The fraction of sp³-hybridized carbons (Fsp3) is 0.0323. The van der Waals surface area contributed by atoms with Crippen LogP contribution in [-0.2, 0) is 4.79 Å². The molecule has 0 atom stereocenters. The normalized spacial score (nSPS) is 11.4. The van der Waals surface area contributed by atoms with E-state index in [1.807, 2.05) is 48.5 Å². The van der Waals surface area contributed by atoms with Crippen molar-refractivity contribution < 1.29 is 13.9 Å². The molecule has 0 aliphatic carbocycles. The van der Waals surface area contributed by atoms with Crippen molar-refractivity contribution in [2.75, 3.05) is 11.9 Å². The van der Waals surface area contributed by atoms with E-state index in [2.05, 4.69) is 55.6 Å². The predicted molar refractivity (Wildman–Crippen MR) is 182 cm³/mol. The molecule has 2 aromatic heterocycles. The Bertz CT molecular complexity index is 2040. The van der Waals surface area contributed by atoms with E-state index in [4.69, 9.17) is 25.7 Å². The van der Waals surface area contributed by atoms with E-state index in [-0.39, 0.29) is 23.9 Å². The lowest BCUT2D eigenvalue weighted by Gasteiger charge is -2.12. The number of rotatable bonds is 7. The van der Waals surface area contributed by atoms with Crippen molar-refractivity contribution in [3.63, 3.8) is 0 Å².